The first-order valence-electron chi connectivity index (χ1n) is 10.8. The Kier molecular flexibility index (Phi) is 6.29. The molecule has 0 aromatic heterocycles. The zero-order chi connectivity index (χ0) is 22.6. The lowest BCUT2D eigenvalue weighted by atomic mass is 9.95. The monoisotopic (exact) mass is 468 g/mol. The molecule has 5 rings (SSSR count). The number of nitrogens with two attached hydrogens (primary N) is 1. The van der Waals surface area contributed by atoms with Crippen LogP contribution < -0.4 is 5.73 Å². The molecule has 3 nitrogen and oxygen atoms in total. The largest absolute Gasteiger partial charge is 0.310 e. The number of aliphatic imine (C=N–C) groups is 1. The second-order valence-electron chi connectivity index (χ2n) is 7.78. The van der Waals surface area contributed by atoms with Crippen molar-refractivity contribution in [1.82, 2.24) is 0 Å². The summed E-state index contributed by atoms with van der Waals surface area (Å²) in [6.45, 7) is 0. The highest BCUT2D eigenvalue weighted by molar-refractivity contribution is 8.14. The minimum Gasteiger partial charge on any atom is -0.281 e. The number of rotatable bonds is 5. The Morgan fingerprint density at radius 2 is 1.33 bits per heavy atom. The van der Waals surface area contributed by atoms with E-state index in [1.54, 1.807) is 11.8 Å². The second kappa shape index (κ2) is 9.65. The number of benzene rings is 4. The first kappa shape index (κ1) is 21.5. The topological polar surface area (TPSA) is 41.4 Å². The van der Waals surface area contributed by atoms with Crippen molar-refractivity contribution in [2.45, 2.75) is 11.3 Å². The van der Waals surface area contributed by atoms with Gasteiger partial charge in [0.2, 0.25) is 0 Å². The van der Waals surface area contributed by atoms with Gasteiger partial charge in [-0.1, -0.05) is 90.5 Å². The van der Waals surface area contributed by atoms with Gasteiger partial charge in [0.05, 0.1) is 11.4 Å². The number of hydrogen-bond acceptors (Lipinski definition) is 3. The molecule has 0 saturated heterocycles. The number of nitrogens with zero attached hydrogens (tertiary/aromatic N) is 2. The lowest BCUT2D eigenvalue weighted by molar-refractivity contribution is -0.482. The maximum Gasteiger partial charge on any atom is 0.310 e. The lowest BCUT2D eigenvalue weighted by Crippen LogP contribution is -2.28. The Hall–Kier alpha value is -3.34. The van der Waals surface area contributed by atoms with Gasteiger partial charge in [0, 0.05) is 5.02 Å². The van der Waals surface area contributed by atoms with Gasteiger partial charge >= 0.3 is 5.17 Å². The molecule has 33 heavy (non-hydrogen) atoms. The van der Waals surface area contributed by atoms with E-state index in [-0.39, 0.29) is 11.3 Å². The maximum atomic E-state index is 6.69. The molecule has 0 saturated carbocycles. The lowest BCUT2D eigenvalue weighted by Gasteiger charge is -2.22. The first-order valence-corrected chi connectivity index (χ1v) is 12.0. The first-order chi connectivity index (χ1) is 16.2. The van der Waals surface area contributed by atoms with Crippen molar-refractivity contribution in [3.05, 3.63) is 131 Å². The van der Waals surface area contributed by atoms with E-state index in [0.717, 1.165) is 27.8 Å². The van der Waals surface area contributed by atoms with Crippen LogP contribution in [0.15, 0.2) is 120 Å². The van der Waals surface area contributed by atoms with Gasteiger partial charge in [-0.15, -0.1) is 0 Å². The van der Waals surface area contributed by atoms with E-state index in [4.69, 9.17) is 22.3 Å². The number of hydrogen-bond donors (Lipinski definition) is 1. The van der Waals surface area contributed by atoms with Gasteiger partial charge < -0.3 is 0 Å². The van der Waals surface area contributed by atoms with Crippen molar-refractivity contribution in [2.24, 2.45) is 10.7 Å². The molecule has 2 unspecified atom stereocenters. The van der Waals surface area contributed by atoms with E-state index in [9.17, 15) is 0 Å². The summed E-state index contributed by atoms with van der Waals surface area (Å²) in [5.74, 6) is 0. The van der Waals surface area contributed by atoms with E-state index in [1.807, 2.05) is 66.7 Å². The van der Waals surface area contributed by atoms with Crippen LogP contribution in [0.5, 0.6) is 0 Å². The summed E-state index contributed by atoms with van der Waals surface area (Å²) in [6, 6.07) is 38.8. The van der Waals surface area contributed by atoms with E-state index in [2.05, 4.69) is 53.1 Å². The maximum absolute atomic E-state index is 6.69. The van der Waals surface area contributed by atoms with Crippen molar-refractivity contribution in [3.63, 3.8) is 0 Å². The molecule has 2 N–H and O–H groups in total. The van der Waals surface area contributed by atoms with Crippen LogP contribution in [0.25, 0.3) is 0 Å². The summed E-state index contributed by atoms with van der Waals surface area (Å²) >= 11 is 7.83. The van der Waals surface area contributed by atoms with E-state index < -0.39 is 0 Å². The van der Waals surface area contributed by atoms with Gasteiger partial charge in [0.1, 0.15) is 17.0 Å². The number of amidine groups is 1. The standard InChI is InChI=1S/C28H22ClN3S/c29-22-16-18-24(19-17-22)32-26(21-12-6-2-7-13-21)27(33-28(32)30)25(20-10-4-1-5-11-20)31-23-14-8-3-9-15-23/h1-19,26-27,30H/p+1. The van der Waals surface area contributed by atoms with E-state index in [0.29, 0.717) is 5.02 Å². The average Bonchev–Trinajstić information content (AvgIpc) is 3.21. The van der Waals surface area contributed by atoms with Gasteiger partial charge in [-0.25, -0.2) is 4.58 Å². The molecular weight excluding hydrogens is 446 g/mol. The molecule has 4 aromatic carbocycles. The van der Waals surface area contributed by atoms with Gasteiger partial charge in [-0.3, -0.25) is 10.7 Å². The molecule has 0 aliphatic carbocycles. The van der Waals surface area contributed by atoms with Crippen LogP contribution in [0.1, 0.15) is 17.2 Å². The third-order valence-corrected chi connectivity index (χ3v) is 7.07. The zero-order valence-electron chi connectivity index (χ0n) is 17.9. The van der Waals surface area contributed by atoms with Crippen LogP contribution in [-0.4, -0.2) is 20.7 Å². The zero-order valence-corrected chi connectivity index (χ0v) is 19.5. The summed E-state index contributed by atoms with van der Waals surface area (Å²) in [5.41, 5.74) is 11.9. The normalized spacial score (nSPS) is 18.5. The SMILES string of the molecule is NC1=[N+](c2ccc(Cl)cc2)C(c2ccccc2)C(C(=Nc2ccccc2)c2ccccc2)S1. The summed E-state index contributed by atoms with van der Waals surface area (Å²) in [4.78, 5) is 5.14. The minimum absolute atomic E-state index is 0.00863. The highest BCUT2D eigenvalue weighted by Crippen LogP contribution is 2.42. The highest BCUT2D eigenvalue weighted by atomic mass is 35.5. The molecule has 4 aromatic rings. The number of para-hydroxylation sites is 1. The van der Waals surface area contributed by atoms with E-state index >= 15 is 0 Å². The minimum atomic E-state index is -0.0277. The molecule has 0 fully saturated rings. The summed E-state index contributed by atoms with van der Waals surface area (Å²) in [7, 11) is 0. The van der Waals surface area contributed by atoms with Gasteiger partial charge in [0.15, 0.2) is 0 Å². The molecule has 1 heterocycles. The Labute approximate surface area is 203 Å². The van der Waals surface area contributed by atoms with Crippen LogP contribution in [0.4, 0.5) is 11.4 Å². The summed E-state index contributed by atoms with van der Waals surface area (Å²) in [6.07, 6.45) is 0. The second-order valence-corrected chi connectivity index (χ2v) is 9.38. The third kappa shape index (κ3) is 4.58. The Balaban J connectivity index is 1.68. The summed E-state index contributed by atoms with van der Waals surface area (Å²) < 4.78 is 2.20. The average molecular weight is 469 g/mol. The third-order valence-electron chi connectivity index (χ3n) is 5.64. The van der Waals surface area contributed by atoms with Crippen LogP contribution in [0, 0.1) is 0 Å². The van der Waals surface area contributed by atoms with Gasteiger partial charge in [-0.2, -0.15) is 0 Å². The Bertz CT molecular complexity index is 1290. The van der Waals surface area contributed by atoms with Crippen LogP contribution >= 0.6 is 23.4 Å². The van der Waals surface area contributed by atoms with Crippen molar-refractivity contribution >= 4 is 45.6 Å². The molecule has 162 valence electrons. The Morgan fingerprint density at radius 3 is 1.97 bits per heavy atom. The molecule has 0 radical (unpaired) electrons. The molecule has 1 aliphatic rings. The van der Waals surface area contributed by atoms with Crippen LogP contribution in [-0.2, 0) is 0 Å². The van der Waals surface area contributed by atoms with Crippen molar-refractivity contribution in [2.75, 3.05) is 0 Å². The smallest absolute Gasteiger partial charge is 0.281 e. The Morgan fingerprint density at radius 1 is 0.758 bits per heavy atom. The molecule has 2 atom stereocenters. The number of halogens is 1. The molecule has 5 heteroatoms. The molecule has 0 bridgehead atoms. The van der Waals surface area contributed by atoms with Gasteiger partial charge in [-0.05, 0) is 59.3 Å². The fourth-order valence-electron chi connectivity index (χ4n) is 4.14. The molecular formula is C28H23ClN3S+. The molecule has 0 amide bonds. The van der Waals surface area contributed by atoms with Crippen molar-refractivity contribution in [3.8, 4) is 0 Å². The number of thioether (sulfide) groups is 1. The van der Waals surface area contributed by atoms with Crippen molar-refractivity contribution in [1.29, 1.82) is 0 Å². The van der Waals surface area contributed by atoms with Gasteiger partial charge in [0.25, 0.3) is 0 Å². The predicted octanol–water partition coefficient (Wildman–Crippen LogP) is 6.98. The quantitative estimate of drug-likeness (QED) is 0.253. The summed E-state index contributed by atoms with van der Waals surface area (Å²) in [5, 5.41) is 1.44. The predicted molar refractivity (Wildman–Crippen MR) is 140 cm³/mol. The fraction of sp³-hybridized carbons (Fsp3) is 0.0714. The van der Waals surface area contributed by atoms with Crippen LogP contribution in [0.2, 0.25) is 5.02 Å². The molecule has 0 spiro atoms. The highest BCUT2D eigenvalue weighted by Gasteiger charge is 2.44. The van der Waals surface area contributed by atoms with Crippen LogP contribution in [0.3, 0.4) is 0 Å². The molecule has 1 aliphatic heterocycles. The van der Waals surface area contributed by atoms with Crippen molar-refractivity contribution < 1.29 is 4.58 Å². The fourth-order valence-corrected chi connectivity index (χ4v) is 5.56. The van der Waals surface area contributed by atoms with E-state index in [1.165, 1.54) is 5.56 Å².